The Morgan fingerprint density at radius 3 is 2.50 bits per heavy atom. The molecule has 0 saturated carbocycles. The summed E-state index contributed by atoms with van der Waals surface area (Å²) in [6.45, 7) is 7.07. The summed E-state index contributed by atoms with van der Waals surface area (Å²) in [6.07, 6.45) is 0. The molecule has 1 N–H and O–H groups in total. The van der Waals surface area contributed by atoms with Crippen LogP contribution in [0, 0.1) is 0 Å². The van der Waals surface area contributed by atoms with E-state index in [0.717, 1.165) is 13.1 Å². The second-order valence-electron chi connectivity index (χ2n) is 4.54. The molecule has 2 rings (SSSR count). The topological polar surface area (TPSA) is 75.4 Å². The summed E-state index contributed by atoms with van der Waals surface area (Å²) in [5.41, 5.74) is 1.28. The van der Waals surface area contributed by atoms with Crippen molar-refractivity contribution in [2.75, 3.05) is 19.6 Å². The maximum atomic E-state index is 11.5. The zero-order valence-corrected chi connectivity index (χ0v) is 12.5. The van der Waals surface area contributed by atoms with Crippen LogP contribution >= 0.6 is 0 Å². The minimum atomic E-state index is -4.32. The largest absolute Gasteiger partial charge is 0.328 e. The van der Waals surface area contributed by atoms with Crippen molar-refractivity contribution >= 4 is 21.2 Å². The van der Waals surface area contributed by atoms with Gasteiger partial charge in [-0.25, -0.2) is 4.98 Å². The van der Waals surface area contributed by atoms with Gasteiger partial charge in [0.15, 0.2) is 0 Å². The van der Waals surface area contributed by atoms with Crippen molar-refractivity contribution in [2.24, 2.45) is 0 Å². The highest BCUT2D eigenvalue weighted by atomic mass is 32.2. The second kappa shape index (κ2) is 5.90. The van der Waals surface area contributed by atoms with E-state index in [0.29, 0.717) is 24.1 Å². The predicted molar refractivity (Wildman–Crippen MR) is 77.3 cm³/mol. The van der Waals surface area contributed by atoms with Crippen molar-refractivity contribution in [2.45, 2.75) is 25.5 Å². The maximum absolute atomic E-state index is 11.5. The fourth-order valence-electron chi connectivity index (χ4n) is 2.25. The molecule has 0 aliphatic rings. The second-order valence-corrected chi connectivity index (χ2v) is 5.85. The molecule has 0 bridgehead atoms. The number of aromatic nitrogens is 2. The van der Waals surface area contributed by atoms with Gasteiger partial charge in [0.05, 0.1) is 11.0 Å². The van der Waals surface area contributed by atoms with Gasteiger partial charge in [-0.3, -0.25) is 4.55 Å². The molecule has 1 heterocycles. The summed E-state index contributed by atoms with van der Waals surface area (Å²) >= 11 is 0. The van der Waals surface area contributed by atoms with E-state index in [2.05, 4.69) is 23.7 Å². The van der Waals surface area contributed by atoms with Crippen LogP contribution in [0.25, 0.3) is 11.0 Å². The molecule has 1 aromatic heterocycles. The normalized spacial score (nSPS) is 12.4. The van der Waals surface area contributed by atoms with Crippen LogP contribution in [-0.4, -0.2) is 47.1 Å². The molecule has 1 aromatic carbocycles. The van der Waals surface area contributed by atoms with E-state index in [-0.39, 0.29) is 5.16 Å². The minimum absolute atomic E-state index is 0.286. The third-order valence-electron chi connectivity index (χ3n) is 3.38. The van der Waals surface area contributed by atoms with Crippen molar-refractivity contribution in [1.29, 1.82) is 0 Å². The summed E-state index contributed by atoms with van der Waals surface area (Å²) in [4.78, 5) is 6.20. The highest BCUT2D eigenvalue weighted by Gasteiger charge is 2.21. The van der Waals surface area contributed by atoms with Gasteiger partial charge in [-0.2, -0.15) is 8.42 Å². The molecule has 0 spiro atoms. The van der Waals surface area contributed by atoms with Crippen LogP contribution in [0.3, 0.4) is 0 Å². The van der Waals surface area contributed by atoms with Crippen LogP contribution in [0.2, 0.25) is 0 Å². The molecule has 6 nitrogen and oxygen atoms in total. The van der Waals surface area contributed by atoms with Crippen molar-refractivity contribution in [1.82, 2.24) is 14.5 Å². The number of benzene rings is 1. The van der Waals surface area contributed by atoms with Gasteiger partial charge in [0.25, 0.3) is 5.16 Å². The summed E-state index contributed by atoms with van der Waals surface area (Å²) < 4.78 is 33.8. The third kappa shape index (κ3) is 3.00. The molecule has 0 amide bonds. The fourth-order valence-corrected chi connectivity index (χ4v) is 2.93. The average Bonchev–Trinajstić information content (AvgIpc) is 2.79. The lowest BCUT2D eigenvalue weighted by molar-refractivity contribution is 0.287. The van der Waals surface area contributed by atoms with Gasteiger partial charge in [0.1, 0.15) is 0 Å². The van der Waals surface area contributed by atoms with Crippen molar-refractivity contribution < 1.29 is 13.0 Å². The van der Waals surface area contributed by atoms with Crippen molar-refractivity contribution in [3.63, 3.8) is 0 Å². The highest BCUT2D eigenvalue weighted by molar-refractivity contribution is 7.85. The Balaban J connectivity index is 2.44. The molecule has 2 aromatic rings. The Kier molecular flexibility index (Phi) is 4.42. The standard InChI is InChI=1S/C13H19N3O3S/c1-3-15(4-2)9-10-16-12-8-6-5-7-11(12)14-13(16)20(17,18)19/h5-8H,3-4,9-10H2,1-2H3,(H,17,18,19). The summed E-state index contributed by atoms with van der Waals surface area (Å²) in [5.74, 6) is 0. The smallest absolute Gasteiger partial charge is 0.311 e. The van der Waals surface area contributed by atoms with Gasteiger partial charge >= 0.3 is 10.1 Å². The van der Waals surface area contributed by atoms with E-state index in [1.807, 2.05) is 6.07 Å². The van der Waals surface area contributed by atoms with E-state index in [9.17, 15) is 13.0 Å². The number of imidazole rings is 1. The molecule has 0 unspecified atom stereocenters. The van der Waals surface area contributed by atoms with Crippen LogP contribution in [0.4, 0.5) is 0 Å². The number of hydrogen-bond acceptors (Lipinski definition) is 4. The van der Waals surface area contributed by atoms with Gasteiger partial charge in [0, 0.05) is 13.1 Å². The van der Waals surface area contributed by atoms with Crippen LogP contribution in [0.5, 0.6) is 0 Å². The molecule has 110 valence electrons. The van der Waals surface area contributed by atoms with Crippen LogP contribution < -0.4 is 0 Å². The number of nitrogens with zero attached hydrogens (tertiary/aromatic N) is 3. The maximum Gasteiger partial charge on any atom is 0.328 e. The fraction of sp³-hybridized carbons (Fsp3) is 0.462. The van der Waals surface area contributed by atoms with E-state index < -0.39 is 10.1 Å². The van der Waals surface area contributed by atoms with E-state index in [4.69, 9.17) is 0 Å². The molecule has 0 saturated heterocycles. The summed E-state index contributed by atoms with van der Waals surface area (Å²) in [7, 11) is -4.32. The first kappa shape index (κ1) is 15.0. The number of likely N-dealkylation sites (N-methyl/N-ethyl adjacent to an activating group) is 1. The average molecular weight is 297 g/mol. The zero-order chi connectivity index (χ0) is 14.8. The lowest BCUT2D eigenvalue weighted by Crippen LogP contribution is -2.27. The van der Waals surface area contributed by atoms with Gasteiger partial charge in [-0.15, -0.1) is 0 Å². The summed E-state index contributed by atoms with van der Waals surface area (Å²) in [6, 6.07) is 7.15. The number of para-hydroxylation sites is 2. The first-order valence-electron chi connectivity index (χ1n) is 6.62. The number of fused-ring (bicyclic) bond motifs is 1. The lowest BCUT2D eigenvalue weighted by atomic mass is 10.3. The zero-order valence-electron chi connectivity index (χ0n) is 11.7. The van der Waals surface area contributed by atoms with Gasteiger partial charge in [0.2, 0.25) is 0 Å². The Hall–Kier alpha value is -1.44. The molecule has 0 aliphatic heterocycles. The molecule has 0 radical (unpaired) electrons. The van der Waals surface area contributed by atoms with E-state index >= 15 is 0 Å². The van der Waals surface area contributed by atoms with Crippen LogP contribution in [-0.2, 0) is 16.7 Å². The van der Waals surface area contributed by atoms with Crippen LogP contribution in [0.1, 0.15) is 13.8 Å². The van der Waals surface area contributed by atoms with Crippen LogP contribution in [0.15, 0.2) is 29.4 Å². The molecule has 7 heteroatoms. The first-order valence-corrected chi connectivity index (χ1v) is 8.06. The quantitative estimate of drug-likeness (QED) is 0.820. The Morgan fingerprint density at radius 2 is 1.90 bits per heavy atom. The molecule has 0 atom stereocenters. The molecular weight excluding hydrogens is 278 g/mol. The van der Waals surface area contributed by atoms with Crippen molar-refractivity contribution in [3.05, 3.63) is 24.3 Å². The van der Waals surface area contributed by atoms with E-state index in [1.54, 1.807) is 22.8 Å². The van der Waals surface area contributed by atoms with Gasteiger partial charge < -0.3 is 9.47 Å². The number of hydrogen-bond donors (Lipinski definition) is 1. The number of rotatable bonds is 6. The third-order valence-corrected chi connectivity index (χ3v) is 4.16. The monoisotopic (exact) mass is 297 g/mol. The Labute approximate surface area is 118 Å². The Bertz CT molecular complexity index is 690. The molecule has 0 fully saturated rings. The highest BCUT2D eigenvalue weighted by Crippen LogP contribution is 2.19. The minimum Gasteiger partial charge on any atom is -0.311 e. The SMILES string of the molecule is CCN(CC)CCn1c(S(=O)(=O)O)nc2ccccc21. The molecule has 20 heavy (non-hydrogen) atoms. The van der Waals surface area contributed by atoms with Gasteiger partial charge in [-0.05, 0) is 25.2 Å². The van der Waals surface area contributed by atoms with Crippen molar-refractivity contribution in [3.8, 4) is 0 Å². The van der Waals surface area contributed by atoms with E-state index in [1.165, 1.54) is 0 Å². The molecular formula is C13H19N3O3S. The summed E-state index contributed by atoms with van der Waals surface area (Å²) in [5, 5.41) is -0.286. The predicted octanol–water partition coefficient (Wildman–Crippen LogP) is 1.62. The lowest BCUT2D eigenvalue weighted by Gasteiger charge is -2.18. The first-order chi connectivity index (χ1) is 9.47. The Morgan fingerprint density at radius 1 is 1.25 bits per heavy atom. The molecule has 0 aliphatic carbocycles. The van der Waals surface area contributed by atoms with Gasteiger partial charge in [-0.1, -0.05) is 26.0 Å².